The van der Waals surface area contributed by atoms with Gasteiger partial charge in [0, 0.05) is 0 Å². The van der Waals surface area contributed by atoms with Crippen LogP contribution in [0.3, 0.4) is 0 Å². The van der Waals surface area contributed by atoms with Crippen molar-refractivity contribution in [3.8, 4) is 0 Å². The van der Waals surface area contributed by atoms with Gasteiger partial charge in [-0.1, -0.05) is 60.7 Å². The summed E-state index contributed by atoms with van der Waals surface area (Å²) < 4.78 is 0. The van der Waals surface area contributed by atoms with E-state index in [0.717, 1.165) is 11.1 Å². The van der Waals surface area contributed by atoms with Gasteiger partial charge in [0.05, 0.1) is 22.7 Å². The van der Waals surface area contributed by atoms with Gasteiger partial charge in [0.2, 0.25) is 0 Å². The summed E-state index contributed by atoms with van der Waals surface area (Å²) in [5.41, 5.74) is 2.39. The number of hydrogen-bond donors (Lipinski definition) is 1. The largest absolute Gasteiger partial charge is 0.478 e. The van der Waals surface area contributed by atoms with E-state index in [4.69, 9.17) is 0 Å². The van der Waals surface area contributed by atoms with Gasteiger partial charge in [0.25, 0.3) is 11.8 Å². The molecule has 1 heterocycles. The minimum atomic E-state index is -1.13. The summed E-state index contributed by atoms with van der Waals surface area (Å²) in [6, 6.07) is 23.0. The average molecular weight is 385 g/mol. The molecule has 3 aromatic rings. The van der Waals surface area contributed by atoms with Crippen LogP contribution in [0.2, 0.25) is 0 Å². The zero-order valence-electron chi connectivity index (χ0n) is 15.6. The molecule has 1 N–H and O–H groups in total. The highest BCUT2D eigenvalue weighted by atomic mass is 16.4. The van der Waals surface area contributed by atoms with Gasteiger partial charge in [-0.3, -0.25) is 14.5 Å². The number of amides is 2. The summed E-state index contributed by atoms with van der Waals surface area (Å²) in [5.74, 6) is -1.96. The standard InChI is InChI=1S/C24H19NO4/c26-22-19-13-12-18(24(28)29)15-20(19)23(27)25(22)21(17-9-5-2-6-10-17)14-11-16-7-3-1-4-8-16/h1-10,12-13,15,21H,11,14H2,(H,28,29)/t21-/m0/s1. The van der Waals surface area contributed by atoms with Crippen molar-refractivity contribution in [2.45, 2.75) is 18.9 Å². The summed E-state index contributed by atoms with van der Waals surface area (Å²) in [7, 11) is 0. The van der Waals surface area contributed by atoms with Gasteiger partial charge in [-0.05, 0) is 42.2 Å². The van der Waals surface area contributed by atoms with Gasteiger partial charge in [-0.2, -0.15) is 0 Å². The van der Waals surface area contributed by atoms with Gasteiger partial charge in [-0.15, -0.1) is 0 Å². The molecule has 0 saturated heterocycles. The van der Waals surface area contributed by atoms with E-state index in [1.165, 1.54) is 23.1 Å². The quantitative estimate of drug-likeness (QED) is 0.640. The molecule has 1 aliphatic rings. The van der Waals surface area contributed by atoms with Gasteiger partial charge in [0.15, 0.2) is 0 Å². The Balaban J connectivity index is 1.69. The summed E-state index contributed by atoms with van der Waals surface area (Å²) in [4.78, 5) is 38.7. The number of aryl methyl sites for hydroxylation is 1. The maximum Gasteiger partial charge on any atom is 0.335 e. The third kappa shape index (κ3) is 3.55. The minimum absolute atomic E-state index is 0.00713. The number of benzene rings is 3. The number of aromatic carboxylic acids is 1. The first-order valence-electron chi connectivity index (χ1n) is 9.40. The maximum atomic E-state index is 13.1. The lowest BCUT2D eigenvalue weighted by molar-refractivity contribution is 0.0573. The topological polar surface area (TPSA) is 74.7 Å². The Morgan fingerprint density at radius 3 is 2.10 bits per heavy atom. The molecule has 3 aromatic carbocycles. The van der Waals surface area contributed by atoms with E-state index in [1.54, 1.807) is 0 Å². The van der Waals surface area contributed by atoms with Gasteiger partial charge >= 0.3 is 5.97 Å². The summed E-state index contributed by atoms with van der Waals surface area (Å²) in [6.07, 6.45) is 1.28. The number of fused-ring (bicyclic) bond motifs is 1. The molecule has 0 fully saturated rings. The zero-order chi connectivity index (χ0) is 20.4. The highest BCUT2D eigenvalue weighted by molar-refractivity contribution is 6.22. The zero-order valence-corrected chi connectivity index (χ0v) is 15.6. The molecule has 0 aliphatic carbocycles. The van der Waals surface area contributed by atoms with Crippen LogP contribution in [0.1, 0.15) is 54.7 Å². The molecule has 144 valence electrons. The van der Waals surface area contributed by atoms with Crippen molar-refractivity contribution < 1.29 is 19.5 Å². The van der Waals surface area contributed by atoms with E-state index in [-0.39, 0.29) is 22.6 Å². The van der Waals surface area contributed by atoms with E-state index in [1.807, 2.05) is 60.7 Å². The molecule has 0 spiro atoms. The predicted molar refractivity (Wildman–Crippen MR) is 108 cm³/mol. The molecule has 1 aliphatic heterocycles. The second kappa shape index (κ2) is 7.72. The highest BCUT2D eigenvalue weighted by Crippen LogP contribution is 2.34. The molecule has 5 heteroatoms. The lowest BCUT2D eigenvalue weighted by Crippen LogP contribution is -2.34. The normalized spacial score (nSPS) is 14.0. The van der Waals surface area contributed by atoms with Crippen molar-refractivity contribution in [1.29, 1.82) is 0 Å². The molecular weight excluding hydrogens is 366 g/mol. The number of carbonyl (C=O) groups excluding carboxylic acids is 2. The number of rotatable bonds is 6. The predicted octanol–water partition coefficient (Wildman–Crippen LogP) is 4.35. The average Bonchev–Trinajstić information content (AvgIpc) is 3.00. The molecule has 0 radical (unpaired) electrons. The SMILES string of the molecule is O=C(O)c1ccc2c(c1)C(=O)N([C@@H](CCc1ccccc1)c1ccccc1)C2=O. The van der Waals surface area contributed by atoms with Gasteiger partial charge in [-0.25, -0.2) is 4.79 Å². The third-order valence-electron chi connectivity index (χ3n) is 5.21. The van der Waals surface area contributed by atoms with Gasteiger partial charge < -0.3 is 5.11 Å². The van der Waals surface area contributed by atoms with Crippen LogP contribution >= 0.6 is 0 Å². The van der Waals surface area contributed by atoms with Crippen molar-refractivity contribution >= 4 is 17.8 Å². The van der Waals surface area contributed by atoms with Crippen LogP contribution in [0.25, 0.3) is 0 Å². The Morgan fingerprint density at radius 1 is 0.828 bits per heavy atom. The second-order valence-electron chi connectivity index (χ2n) is 7.00. The summed E-state index contributed by atoms with van der Waals surface area (Å²) >= 11 is 0. The Labute approximate surface area is 168 Å². The number of nitrogens with zero attached hydrogens (tertiary/aromatic N) is 1. The molecule has 5 nitrogen and oxygen atoms in total. The molecule has 0 bridgehead atoms. The smallest absolute Gasteiger partial charge is 0.335 e. The Hall–Kier alpha value is -3.73. The Kier molecular flexibility index (Phi) is 4.96. The van der Waals surface area contributed by atoms with Crippen LogP contribution in [0.4, 0.5) is 0 Å². The number of carboxylic acid groups (broad SMARTS) is 1. The van der Waals surface area contributed by atoms with Crippen molar-refractivity contribution in [1.82, 2.24) is 4.90 Å². The fourth-order valence-corrected chi connectivity index (χ4v) is 3.74. The maximum absolute atomic E-state index is 13.1. The molecule has 0 saturated carbocycles. The fraction of sp³-hybridized carbons (Fsp3) is 0.125. The lowest BCUT2D eigenvalue weighted by atomic mass is 9.97. The van der Waals surface area contributed by atoms with Crippen LogP contribution < -0.4 is 0 Å². The van der Waals surface area contributed by atoms with E-state index >= 15 is 0 Å². The molecule has 0 unspecified atom stereocenters. The molecule has 2 amide bonds. The molecule has 0 aromatic heterocycles. The highest BCUT2D eigenvalue weighted by Gasteiger charge is 2.40. The Morgan fingerprint density at radius 2 is 1.45 bits per heavy atom. The third-order valence-corrected chi connectivity index (χ3v) is 5.21. The van der Waals surface area contributed by atoms with Crippen molar-refractivity contribution in [3.63, 3.8) is 0 Å². The van der Waals surface area contributed by atoms with Crippen LogP contribution in [0.5, 0.6) is 0 Å². The molecule has 1 atom stereocenters. The van der Waals surface area contributed by atoms with E-state index in [2.05, 4.69) is 0 Å². The monoisotopic (exact) mass is 385 g/mol. The van der Waals surface area contributed by atoms with E-state index < -0.39 is 17.9 Å². The van der Waals surface area contributed by atoms with Crippen molar-refractivity contribution in [2.75, 3.05) is 0 Å². The first kappa shape index (κ1) is 18.6. The van der Waals surface area contributed by atoms with Crippen molar-refractivity contribution in [2.24, 2.45) is 0 Å². The number of imide groups is 1. The Bertz CT molecular complexity index is 1080. The summed E-state index contributed by atoms with van der Waals surface area (Å²) in [5, 5.41) is 9.22. The fourth-order valence-electron chi connectivity index (χ4n) is 3.74. The lowest BCUT2D eigenvalue weighted by Gasteiger charge is -2.27. The van der Waals surface area contributed by atoms with Crippen LogP contribution in [-0.4, -0.2) is 27.8 Å². The molecule has 4 rings (SSSR count). The number of carboxylic acids is 1. The first-order chi connectivity index (χ1) is 14.1. The molecule has 29 heavy (non-hydrogen) atoms. The second-order valence-corrected chi connectivity index (χ2v) is 7.00. The van der Waals surface area contributed by atoms with Gasteiger partial charge in [0.1, 0.15) is 0 Å². The molecular formula is C24H19NO4. The van der Waals surface area contributed by atoms with E-state index in [0.29, 0.717) is 12.8 Å². The van der Waals surface area contributed by atoms with Crippen molar-refractivity contribution in [3.05, 3.63) is 107 Å². The first-order valence-corrected chi connectivity index (χ1v) is 9.40. The number of hydrogen-bond acceptors (Lipinski definition) is 3. The minimum Gasteiger partial charge on any atom is -0.478 e. The van der Waals surface area contributed by atoms with Crippen LogP contribution in [-0.2, 0) is 6.42 Å². The van der Waals surface area contributed by atoms with Crippen LogP contribution in [0, 0.1) is 0 Å². The van der Waals surface area contributed by atoms with E-state index in [9.17, 15) is 19.5 Å². The summed E-state index contributed by atoms with van der Waals surface area (Å²) in [6.45, 7) is 0. The van der Waals surface area contributed by atoms with Crippen LogP contribution in [0.15, 0.2) is 78.9 Å². The number of carbonyl (C=O) groups is 3.